The van der Waals surface area contributed by atoms with Gasteiger partial charge in [0.25, 0.3) is 0 Å². The molecule has 1 fully saturated rings. The van der Waals surface area contributed by atoms with Gasteiger partial charge in [-0.25, -0.2) is 9.78 Å². The highest BCUT2D eigenvalue weighted by atomic mass is 16.6. The van der Waals surface area contributed by atoms with Crippen molar-refractivity contribution >= 4 is 17.9 Å². The van der Waals surface area contributed by atoms with E-state index in [4.69, 9.17) is 14.5 Å². The van der Waals surface area contributed by atoms with Crippen molar-refractivity contribution in [3.8, 4) is 17.0 Å². The largest absolute Gasteiger partial charge is 0.488 e. The van der Waals surface area contributed by atoms with Gasteiger partial charge in [-0.15, -0.1) is 0 Å². The molecule has 0 aliphatic carbocycles. The monoisotopic (exact) mass is 571 g/mol. The Balaban J connectivity index is 1.33. The van der Waals surface area contributed by atoms with Gasteiger partial charge in [-0.3, -0.25) is 4.79 Å². The summed E-state index contributed by atoms with van der Waals surface area (Å²) in [6.45, 7) is 14.3. The number of amides is 1. The zero-order valence-electron chi connectivity index (χ0n) is 25.5. The Labute approximate surface area is 248 Å². The van der Waals surface area contributed by atoms with Crippen LogP contribution in [0.25, 0.3) is 11.3 Å². The van der Waals surface area contributed by atoms with Gasteiger partial charge in [0.05, 0.1) is 11.1 Å². The molecule has 2 aliphatic heterocycles. The molecule has 1 N–H and O–H groups in total. The van der Waals surface area contributed by atoms with E-state index in [-0.39, 0.29) is 6.09 Å². The molecule has 0 spiro atoms. The highest BCUT2D eigenvalue weighted by Crippen LogP contribution is 2.36. The summed E-state index contributed by atoms with van der Waals surface area (Å²) in [5.74, 6) is 0.750. The third kappa shape index (κ3) is 6.22. The first-order valence-corrected chi connectivity index (χ1v) is 14.6. The van der Waals surface area contributed by atoms with Crippen molar-refractivity contribution in [3.05, 3.63) is 76.3 Å². The standard InChI is InChI=1S/C34H41N3O5/c1-22-10-13-29(27(18-22)28-8-7-9-30(35-28)37-17-15-34(6,21-37)31(38)39)41-20-25-12-11-24-19-36(16-14-26(24)23(25)2)32(40)42-33(3,4)5/h7-13,18H,14-17,19-21H2,1-6H3,(H,38,39)/t34-/m1/s1. The van der Waals surface area contributed by atoms with Gasteiger partial charge in [-0.05, 0) is 101 Å². The van der Waals surface area contributed by atoms with Gasteiger partial charge in [-0.2, -0.15) is 0 Å². The summed E-state index contributed by atoms with van der Waals surface area (Å²) in [4.78, 5) is 33.1. The maximum atomic E-state index is 12.6. The minimum Gasteiger partial charge on any atom is -0.488 e. The Morgan fingerprint density at radius 3 is 2.57 bits per heavy atom. The molecule has 42 heavy (non-hydrogen) atoms. The molecule has 0 bridgehead atoms. The Kier molecular flexibility index (Phi) is 7.92. The van der Waals surface area contributed by atoms with Crippen LogP contribution in [0.4, 0.5) is 10.6 Å². The predicted molar refractivity (Wildman–Crippen MR) is 163 cm³/mol. The SMILES string of the molecule is Cc1ccc(OCc2ccc3c(c2C)CCN(C(=O)OC(C)(C)C)C3)c(-c2cccc(N3CC[C@@](C)(C(=O)O)C3)n2)c1. The average molecular weight is 572 g/mol. The van der Waals surface area contributed by atoms with Crippen molar-refractivity contribution in [2.45, 2.75) is 73.1 Å². The molecule has 2 aromatic carbocycles. The fourth-order valence-electron chi connectivity index (χ4n) is 5.73. The van der Waals surface area contributed by atoms with Gasteiger partial charge in [-0.1, -0.05) is 29.8 Å². The summed E-state index contributed by atoms with van der Waals surface area (Å²) in [5, 5.41) is 9.66. The van der Waals surface area contributed by atoms with Gasteiger partial charge in [0.2, 0.25) is 0 Å². The number of benzene rings is 2. The lowest BCUT2D eigenvalue weighted by molar-refractivity contribution is -0.146. The molecule has 0 radical (unpaired) electrons. The van der Waals surface area contributed by atoms with Gasteiger partial charge >= 0.3 is 12.1 Å². The second kappa shape index (κ2) is 11.3. The summed E-state index contributed by atoms with van der Waals surface area (Å²) in [5.41, 5.74) is 6.23. The van der Waals surface area contributed by atoms with E-state index in [1.165, 1.54) is 11.1 Å². The normalized spacial score (nSPS) is 18.5. The van der Waals surface area contributed by atoms with E-state index in [0.29, 0.717) is 39.2 Å². The summed E-state index contributed by atoms with van der Waals surface area (Å²) < 4.78 is 12.0. The number of fused-ring (bicyclic) bond motifs is 1. The molecule has 1 saturated heterocycles. The molecular weight excluding hydrogens is 530 g/mol. The molecule has 0 saturated carbocycles. The summed E-state index contributed by atoms with van der Waals surface area (Å²) in [6.07, 6.45) is 1.09. The van der Waals surface area contributed by atoms with Gasteiger partial charge in [0.1, 0.15) is 23.8 Å². The predicted octanol–water partition coefficient (Wildman–Crippen LogP) is 6.54. The van der Waals surface area contributed by atoms with E-state index in [9.17, 15) is 14.7 Å². The highest BCUT2D eigenvalue weighted by Gasteiger charge is 2.41. The third-order valence-electron chi connectivity index (χ3n) is 8.29. The van der Waals surface area contributed by atoms with E-state index in [1.54, 1.807) is 11.8 Å². The Bertz CT molecular complexity index is 1510. The molecule has 5 rings (SSSR count). The number of rotatable bonds is 6. The van der Waals surface area contributed by atoms with Crippen LogP contribution in [-0.2, 0) is 29.1 Å². The van der Waals surface area contributed by atoms with Crippen LogP contribution < -0.4 is 9.64 Å². The van der Waals surface area contributed by atoms with Crippen LogP contribution in [0.3, 0.4) is 0 Å². The maximum Gasteiger partial charge on any atom is 0.410 e. The Morgan fingerprint density at radius 2 is 1.86 bits per heavy atom. The molecule has 1 amide bonds. The van der Waals surface area contributed by atoms with Crippen molar-refractivity contribution in [2.75, 3.05) is 24.5 Å². The lowest BCUT2D eigenvalue weighted by atomic mass is 9.90. The number of nitrogens with zero attached hydrogens (tertiary/aromatic N) is 3. The summed E-state index contributed by atoms with van der Waals surface area (Å²) in [7, 11) is 0. The first-order valence-electron chi connectivity index (χ1n) is 14.6. The first-order chi connectivity index (χ1) is 19.8. The fraction of sp³-hybridized carbons (Fsp3) is 0.441. The van der Waals surface area contributed by atoms with Crippen molar-refractivity contribution < 1.29 is 24.2 Å². The molecule has 2 aliphatic rings. The molecule has 3 heterocycles. The van der Waals surface area contributed by atoms with E-state index >= 15 is 0 Å². The van der Waals surface area contributed by atoms with Crippen LogP contribution in [0, 0.1) is 19.3 Å². The van der Waals surface area contributed by atoms with Crippen LogP contribution in [0.15, 0.2) is 48.5 Å². The quantitative estimate of drug-likeness (QED) is 0.359. The summed E-state index contributed by atoms with van der Waals surface area (Å²) >= 11 is 0. The number of carboxylic acid groups (broad SMARTS) is 1. The molecule has 8 heteroatoms. The Hall–Kier alpha value is -4.07. The van der Waals surface area contributed by atoms with Crippen LogP contribution in [-0.4, -0.2) is 52.3 Å². The van der Waals surface area contributed by atoms with Crippen LogP contribution in [0.5, 0.6) is 5.75 Å². The zero-order chi connectivity index (χ0) is 30.2. The Morgan fingerprint density at radius 1 is 1.07 bits per heavy atom. The van der Waals surface area contributed by atoms with Crippen molar-refractivity contribution in [1.82, 2.24) is 9.88 Å². The molecule has 8 nitrogen and oxygen atoms in total. The van der Waals surface area contributed by atoms with Crippen LogP contribution in [0.2, 0.25) is 0 Å². The third-order valence-corrected chi connectivity index (χ3v) is 8.29. The first kappa shape index (κ1) is 29.4. The van der Waals surface area contributed by atoms with Crippen molar-refractivity contribution in [2.24, 2.45) is 5.41 Å². The molecule has 3 aromatic rings. The number of hydrogen-bond donors (Lipinski definition) is 1. The van der Waals surface area contributed by atoms with Gasteiger partial charge < -0.3 is 24.4 Å². The van der Waals surface area contributed by atoms with Crippen molar-refractivity contribution in [3.63, 3.8) is 0 Å². The number of aliphatic carboxylic acids is 1. The number of ether oxygens (including phenoxy) is 2. The van der Waals surface area contributed by atoms with E-state index in [1.807, 2.05) is 62.9 Å². The number of anilines is 1. The second-order valence-electron chi connectivity index (χ2n) is 12.8. The van der Waals surface area contributed by atoms with Gasteiger partial charge in [0.15, 0.2) is 0 Å². The average Bonchev–Trinajstić information content (AvgIpc) is 3.36. The minimum atomic E-state index is -0.770. The highest BCUT2D eigenvalue weighted by molar-refractivity contribution is 5.76. The number of pyridine rings is 1. The number of aryl methyl sites for hydroxylation is 1. The number of aromatic nitrogens is 1. The molecular formula is C34H41N3O5. The van der Waals surface area contributed by atoms with Crippen LogP contribution in [0.1, 0.15) is 61.9 Å². The lowest BCUT2D eigenvalue weighted by Gasteiger charge is -2.32. The zero-order valence-corrected chi connectivity index (χ0v) is 25.5. The molecule has 222 valence electrons. The van der Waals surface area contributed by atoms with E-state index < -0.39 is 17.0 Å². The van der Waals surface area contributed by atoms with E-state index in [2.05, 4.69) is 25.1 Å². The topological polar surface area (TPSA) is 92.2 Å². The molecule has 1 aromatic heterocycles. The van der Waals surface area contributed by atoms with Crippen molar-refractivity contribution in [1.29, 1.82) is 0 Å². The number of carbonyl (C=O) groups excluding carboxylic acids is 1. The summed E-state index contributed by atoms with van der Waals surface area (Å²) in [6, 6.07) is 16.2. The minimum absolute atomic E-state index is 0.275. The number of hydrogen-bond acceptors (Lipinski definition) is 6. The van der Waals surface area contributed by atoms with Gasteiger partial charge in [0, 0.05) is 31.7 Å². The fourth-order valence-corrected chi connectivity index (χ4v) is 5.73. The van der Waals surface area contributed by atoms with E-state index in [0.717, 1.165) is 45.9 Å². The lowest BCUT2D eigenvalue weighted by Crippen LogP contribution is -2.40. The second-order valence-corrected chi connectivity index (χ2v) is 12.8. The van der Waals surface area contributed by atoms with Crippen LogP contribution >= 0.6 is 0 Å². The number of carbonyl (C=O) groups is 2. The smallest absolute Gasteiger partial charge is 0.410 e. The number of carboxylic acids is 1. The molecule has 0 unspecified atom stereocenters. The molecule has 1 atom stereocenters. The maximum absolute atomic E-state index is 12.6.